The van der Waals surface area contributed by atoms with Crippen molar-refractivity contribution in [1.29, 1.82) is 0 Å². The Morgan fingerprint density at radius 2 is 2.00 bits per heavy atom. The predicted molar refractivity (Wildman–Crippen MR) is 84.2 cm³/mol. The van der Waals surface area contributed by atoms with Gasteiger partial charge >= 0.3 is 0 Å². The molecule has 122 valence electrons. The van der Waals surface area contributed by atoms with Crippen LogP contribution in [0.25, 0.3) is 11.3 Å². The zero-order valence-electron chi connectivity index (χ0n) is 12.8. The van der Waals surface area contributed by atoms with Crippen LogP contribution in [0, 0.1) is 18.6 Å². The third kappa shape index (κ3) is 3.48. The lowest BCUT2D eigenvalue weighted by Gasteiger charge is -2.03. The molecule has 0 radical (unpaired) electrons. The second-order valence-electron chi connectivity index (χ2n) is 5.36. The summed E-state index contributed by atoms with van der Waals surface area (Å²) in [5.41, 5.74) is 2.08. The highest BCUT2D eigenvalue weighted by molar-refractivity contribution is 5.94. The number of benzene rings is 2. The predicted octanol–water partition coefficient (Wildman–Crippen LogP) is 3.86. The van der Waals surface area contributed by atoms with E-state index in [0.29, 0.717) is 11.3 Å². The molecule has 1 N–H and O–H groups in total. The Balaban J connectivity index is 1.69. The second kappa shape index (κ2) is 6.62. The van der Waals surface area contributed by atoms with Gasteiger partial charge < -0.3 is 9.84 Å². The van der Waals surface area contributed by atoms with Gasteiger partial charge in [0, 0.05) is 17.7 Å². The number of amides is 1. The summed E-state index contributed by atoms with van der Waals surface area (Å²) in [6, 6.07) is 11.9. The quantitative estimate of drug-likeness (QED) is 0.791. The van der Waals surface area contributed by atoms with Crippen LogP contribution in [-0.2, 0) is 6.54 Å². The summed E-state index contributed by atoms with van der Waals surface area (Å²) in [7, 11) is 0. The first kappa shape index (κ1) is 15.9. The van der Waals surface area contributed by atoms with Crippen molar-refractivity contribution in [2.45, 2.75) is 13.5 Å². The third-order valence-electron chi connectivity index (χ3n) is 3.47. The molecule has 24 heavy (non-hydrogen) atoms. The molecule has 0 aliphatic heterocycles. The Kier molecular flexibility index (Phi) is 4.37. The summed E-state index contributed by atoms with van der Waals surface area (Å²) in [5, 5.41) is 6.50. The summed E-state index contributed by atoms with van der Waals surface area (Å²) >= 11 is 0. The number of rotatable bonds is 4. The van der Waals surface area contributed by atoms with Gasteiger partial charge in [-0.15, -0.1) is 0 Å². The lowest BCUT2D eigenvalue weighted by molar-refractivity contribution is 0.0950. The van der Waals surface area contributed by atoms with Gasteiger partial charge in [0.25, 0.3) is 5.91 Å². The van der Waals surface area contributed by atoms with Crippen LogP contribution < -0.4 is 5.32 Å². The Morgan fingerprint density at radius 3 is 2.75 bits per heavy atom. The normalized spacial score (nSPS) is 10.6. The van der Waals surface area contributed by atoms with Crippen LogP contribution in [0.4, 0.5) is 8.78 Å². The number of carbonyl (C=O) groups is 1. The summed E-state index contributed by atoms with van der Waals surface area (Å²) < 4.78 is 31.7. The monoisotopic (exact) mass is 328 g/mol. The van der Waals surface area contributed by atoms with Crippen molar-refractivity contribution >= 4 is 5.91 Å². The SMILES string of the molecule is Cc1cccc(C(=O)NCc2cc(-c3ccc(F)cc3F)on2)c1. The van der Waals surface area contributed by atoms with Crippen LogP contribution in [0.2, 0.25) is 0 Å². The Hall–Kier alpha value is -3.02. The molecule has 0 saturated carbocycles. The van der Waals surface area contributed by atoms with E-state index in [2.05, 4.69) is 10.5 Å². The minimum absolute atomic E-state index is 0.111. The maximum atomic E-state index is 13.7. The molecule has 0 unspecified atom stereocenters. The molecule has 1 heterocycles. The van der Waals surface area contributed by atoms with Crippen LogP contribution in [0.3, 0.4) is 0 Å². The van der Waals surface area contributed by atoms with Gasteiger partial charge in [-0.2, -0.15) is 0 Å². The highest BCUT2D eigenvalue weighted by Gasteiger charge is 2.13. The number of hydrogen-bond donors (Lipinski definition) is 1. The summed E-state index contributed by atoms with van der Waals surface area (Å²) in [4.78, 5) is 12.1. The van der Waals surface area contributed by atoms with Gasteiger partial charge in [-0.25, -0.2) is 8.78 Å². The summed E-state index contributed by atoms with van der Waals surface area (Å²) in [5.74, 6) is -1.47. The van der Waals surface area contributed by atoms with Crippen LogP contribution in [0.1, 0.15) is 21.6 Å². The van der Waals surface area contributed by atoms with Crippen molar-refractivity contribution in [1.82, 2.24) is 10.5 Å². The van der Waals surface area contributed by atoms with Gasteiger partial charge in [0.05, 0.1) is 12.1 Å². The van der Waals surface area contributed by atoms with Crippen molar-refractivity contribution < 1.29 is 18.1 Å². The van der Waals surface area contributed by atoms with Crippen LogP contribution in [0.15, 0.2) is 53.1 Å². The van der Waals surface area contributed by atoms with Crippen LogP contribution in [0.5, 0.6) is 0 Å². The highest BCUT2D eigenvalue weighted by Crippen LogP contribution is 2.24. The number of carbonyl (C=O) groups excluding carboxylic acids is 1. The average Bonchev–Trinajstić information content (AvgIpc) is 3.01. The van der Waals surface area contributed by atoms with E-state index < -0.39 is 11.6 Å². The summed E-state index contributed by atoms with van der Waals surface area (Å²) in [6.45, 7) is 2.04. The number of halogens is 2. The zero-order valence-corrected chi connectivity index (χ0v) is 12.8. The first-order chi connectivity index (χ1) is 11.5. The van der Waals surface area contributed by atoms with E-state index in [0.717, 1.165) is 17.7 Å². The molecule has 4 nitrogen and oxygen atoms in total. The number of aromatic nitrogens is 1. The van der Waals surface area contributed by atoms with E-state index in [1.54, 1.807) is 18.2 Å². The minimum Gasteiger partial charge on any atom is -0.356 e. The van der Waals surface area contributed by atoms with Gasteiger partial charge in [-0.3, -0.25) is 4.79 Å². The summed E-state index contributed by atoms with van der Waals surface area (Å²) in [6.07, 6.45) is 0. The van der Waals surface area contributed by atoms with Crippen LogP contribution >= 0.6 is 0 Å². The number of nitrogens with one attached hydrogen (secondary N) is 1. The maximum Gasteiger partial charge on any atom is 0.251 e. The van der Waals surface area contributed by atoms with Crippen molar-refractivity contribution in [3.05, 3.63) is 77.0 Å². The maximum absolute atomic E-state index is 13.7. The lowest BCUT2D eigenvalue weighted by Crippen LogP contribution is -2.22. The molecule has 1 aromatic heterocycles. The van der Waals surface area contributed by atoms with E-state index in [1.165, 1.54) is 12.1 Å². The fourth-order valence-corrected chi connectivity index (χ4v) is 2.27. The van der Waals surface area contributed by atoms with Gasteiger partial charge in [-0.1, -0.05) is 22.9 Å². The molecular formula is C18H14F2N2O2. The Labute approximate surface area is 137 Å². The first-order valence-corrected chi connectivity index (χ1v) is 7.29. The molecule has 0 spiro atoms. The molecule has 6 heteroatoms. The van der Waals surface area contributed by atoms with Crippen molar-refractivity contribution in [3.63, 3.8) is 0 Å². The van der Waals surface area contributed by atoms with Crippen LogP contribution in [-0.4, -0.2) is 11.1 Å². The second-order valence-corrected chi connectivity index (χ2v) is 5.36. The van der Waals surface area contributed by atoms with E-state index in [4.69, 9.17) is 4.52 Å². The highest BCUT2D eigenvalue weighted by atomic mass is 19.1. The molecule has 0 aliphatic rings. The van der Waals surface area contributed by atoms with Crippen molar-refractivity contribution in [2.75, 3.05) is 0 Å². The standard InChI is InChI=1S/C18H14F2N2O2/c1-11-3-2-4-12(7-11)18(23)21-10-14-9-17(24-22-14)15-6-5-13(19)8-16(15)20/h2-9H,10H2,1H3,(H,21,23). The third-order valence-corrected chi connectivity index (χ3v) is 3.47. The van der Waals surface area contributed by atoms with Gasteiger partial charge in [0.15, 0.2) is 5.76 Å². The smallest absolute Gasteiger partial charge is 0.251 e. The molecule has 1 amide bonds. The molecule has 3 aromatic rings. The molecule has 0 bridgehead atoms. The minimum atomic E-state index is -0.735. The Morgan fingerprint density at radius 1 is 1.17 bits per heavy atom. The van der Waals surface area contributed by atoms with Gasteiger partial charge in [0.1, 0.15) is 17.3 Å². The lowest BCUT2D eigenvalue weighted by atomic mass is 10.1. The zero-order chi connectivity index (χ0) is 17.1. The molecule has 3 rings (SSSR count). The molecular weight excluding hydrogens is 314 g/mol. The van der Waals surface area contributed by atoms with E-state index >= 15 is 0 Å². The Bertz CT molecular complexity index is 890. The van der Waals surface area contributed by atoms with Crippen molar-refractivity contribution in [3.8, 4) is 11.3 Å². The van der Waals surface area contributed by atoms with Gasteiger partial charge in [-0.05, 0) is 31.2 Å². The number of aryl methyl sites for hydroxylation is 1. The fourth-order valence-electron chi connectivity index (χ4n) is 2.27. The van der Waals surface area contributed by atoms with E-state index in [9.17, 15) is 13.6 Å². The average molecular weight is 328 g/mol. The van der Waals surface area contributed by atoms with E-state index in [1.807, 2.05) is 13.0 Å². The first-order valence-electron chi connectivity index (χ1n) is 7.29. The molecule has 0 atom stereocenters. The fraction of sp³-hybridized carbons (Fsp3) is 0.111. The van der Waals surface area contributed by atoms with Crippen molar-refractivity contribution in [2.24, 2.45) is 0 Å². The molecule has 0 aliphatic carbocycles. The van der Waals surface area contributed by atoms with Gasteiger partial charge in [0.2, 0.25) is 0 Å². The molecule has 2 aromatic carbocycles. The molecule has 0 saturated heterocycles. The largest absolute Gasteiger partial charge is 0.356 e. The topological polar surface area (TPSA) is 55.1 Å². The number of hydrogen-bond acceptors (Lipinski definition) is 3. The molecule has 0 fully saturated rings. The van der Waals surface area contributed by atoms with E-state index in [-0.39, 0.29) is 23.8 Å². The number of nitrogens with zero attached hydrogens (tertiary/aromatic N) is 1.